The van der Waals surface area contributed by atoms with Gasteiger partial charge in [-0.2, -0.15) is 0 Å². The first-order valence-corrected chi connectivity index (χ1v) is 5.89. The van der Waals surface area contributed by atoms with Crippen molar-refractivity contribution in [2.45, 2.75) is 33.1 Å². The summed E-state index contributed by atoms with van der Waals surface area (Å²) in [7, 11) is 0. The molecule has 1 nitrogen and oxygen atoms in total. The molecule has 3 rings (SSSR count). The SMILES string of the molecule is CC1(C)C(C)(C)C12CNc1c(F)cccc12. The molecule has 0 atom stereocenters. The van der Waals surface area contributed by atoms with Crippen LogP contribution in [0.25, 0.3) is 0 Å². The molecule has 1 fully saturated rings. The maximum absolute atomic E-state index is 13.7. The monoisotopic (exact) mass is 219 g/mol. The van der Waals surface area contributed by atoms with E-state index in [9.17, 15) is 4.39 Å². The van der Waals surface area contributed by atoms with E-state index in [4.69, 9.17) is 0 Å². The minimum Gasteiger partial charge on any atom is -0.381 e. The molecule has 1 N–H and O–H groups in total. The van der Waals surface area contributed by atoms with Crippen molar-refractivity contribution in [2.24, 2.45) is 10.8 Å². The summed E-state index contributed by atoms with van der Waals surface area (Å²) in [5.41, 5.74) is 2.46. The number of para-hydroxylation sites is 1. The molecule has 1 aliphatic carbocycles. The van der Waals surface area contributed by atoms with Crippen molar-refractivity contribution in [1.29, 1.82) is 0 Å². The standard InChI is InChI=1S/C14H18FN/c1-12(2)13(3,4)14(12)8-16-11-9(14)6-5-7-10(11)15/h5-7,16H,8H2,1-4H3. The largest absolute Gasteiger partial charge is 0.381 e. The molecule has 0 saturated heterocycles. The van der Waals surface area contributed by atoms with Crippen LogP contribution in [-0.2, 0) is 5.41 Å². The number of rotatable bonds is 0. The van der Waals surface area contributed by atoms with Gasteiger partial charge in [-0.1, -0.05) is 39.8 Å². The van der Waals surface area contributed by atoms with E-state index in [0.29, 0.717) is 0 Å². The van der Waals surface area contributed by atoms with Crippen molar-refractivity contribution in [3.63, 3.8) is 0 Å². The Balaban J connectivity index is 2.23. The topological polar surface area (TPSA) is 12.0 Å². The molecule has 1 aromatic carbocycles. The van der Waals surface area contributed by atoms with E-state index in [-0.39, 0.29) is 22.1 Å². The molecule has 16 heavy (non-hydrogen) atoms. The first-order chi connectivity index (χ1) is 7.36. The molecular formula is C14H18FN. The second-order valence-electron chi connectivity index (χ2n) is 6.17. The highest BCUT2D eigenvalue weighted by atomic mass is 19.1. The van der Waals surface area contributed by atoms with Gasteiger partial charge in [-0.05, 0) is 22.5 Å². The van der Waals surface area contributed by atoms with Gasteiger partial charge in [-0.3, -0.25) is 0 Å². The molecule has 2 aliphatic rings. The lowest BCUT2D eigenvalue weighted by atomic mass is 9.88. The average Bonchev–Trinajstić information content (AvgIpc) is 2.54. The Labute approximate surface area is 96.1 Å². The smallest absolute Gasteiger partial charge is 0.146 e. The lowest BCUT2D eigenvalue weighted by Gasteiger charge is -2.14. The second kappa shape index (κ2) is 2.44. The Hall–Kier alpha value is -1.05. The fourth-order valence-corrected chi connectivity index (χ4v) is 3.92. The number of anilines is 1. The minimum absolute atomic E-state index is 0.109. The van der Waals surface area contributed by atoms with E-state index in [1.165, 1.54) is 11.6 Å². The highest BCUT2D eigenvalue weighted by Crippen LogP contribution is 2.80. The molecule has 2 heteroatoms. The Morgan fingerprint density at radius 1 is 1.12 bits per heavy atom. The normalized spacial score (nSPS) is 26.3. The van der Waals surface area contributed by atoms with Crippen LogP contribution in [0.2, 0.25) is 0 Å². The van der Waals surface area contributed by atoms with E-state index in [1.54, 1.807) is 0 Å². The number of hydrogen-bond donors (Lipinski definition) is 1. The van der Waals surface area contributed by atoms with Gasteiger partial charge in [0.05, 0.1) is 5.69 Å². The first-order valence-electron chi connectivity index (χ1n) is 5.89. The van der Waals surface area contributed by atoms with E-state index < -0.39 is 0 Å². The predicted molar refractivity (Wildman–Crippen MR) is 64.1 cm³/mol. The average molecular weight is 219 g/mol. The van der Waals surface area contributed by atoms with Gasteiger partial charge in [0.1, 0.15) is 5.82 Å². The van der Waals surface area contributed by atoms with Gasteiger partial charge >= 0.3 is 0 Å². The molecule has 0 aromatic heterocycles. The van der Waals surface area contributed by atoms with Gasteiger partial charge in [0.2, 0.25) is 0 Å². The van der Waals surface area contributed by atoms with Crippen molar-refractivity contribution < 1.29 is 4.39 Å². The van der Waals surface area contributed by atoms with Crippen LogP contribution in [0.5, 0.6) is 0 Å². The second-order valence-corrected chi connectivity index (χ2v) is 6.17. The zero-order valence-electron chi connectivity index (χ0n) is 10.3. The third-order valence-electron chi connectivity index (χ3n) is 5.64. The van der Waals surface area contributed by atoms with Crippen molar-refractivity contribution in [2.75, 3.05) is 11.9 Å². The van der Waals surface area contributed by atoms with Crippen molar-refractivity contribution >= 4 is 5.69 Å². The molecule has 0 bridgehead atoms. The first kappa shape index (κ1) is 10.1. The predicted octanol–water partition coefficient (Wildman–Crippen LogP) is 3.56. The van der Waals surface area contributed by atoms with Crippen molar-refractivity contribution in [3.05, 3.63) is 29.6 Å². The van der Waals surface area contributed by atoms with E-state index in [0.717, 1.165) is 12.2 Å². The van der Waals surface area contributed by atoms with Crippen LogP contribution in [0.3, 0.4) is 0 Å². The number of fused-ring (bicyclic) bond motifs is 2. The van der Waals surface area contributed by atoms with Gasteiger partial charge in [-0.25, -0.2) is 4.39 Å². The summed E-state index contributed by atoms with van der Waals surface area (Å²) < 4.78 is 13.7. The van der Waals surface area contributed by atoms with Crippen LogP contribution < -0.4 is 5.32 Å². The maximum Gasteiger partial charge on any atom is 0.146 e. The highest BCUT2D eigenvalue weighted by Gasteiger charge is 2.79. The molecule has 0 unspecified atom stereocenters. The van der Waals surface area contributed by atoms with E-state index in [1.807, 2.05) is 6.07 Å². The van der Waals surface area contributed by atoms with Gasteiger partial charge in [0.15, 0.2) is 0 Å². The quantitative estimate of drug-likeness (QED) is 0.703. The van der Waals surface area contributed by atoms with Crippen LogP contribution in [0.1, 0.15) is 33.3 Å². The molecule has 86 valence electrons. The molecule has 1 aliphatic heterocycles. The third kappa shape index (κ3) is 0.741. The Bertz CT molecular complexity index is 460. The van der Waals surface area contributed by atoms with Crippen LogP contribution >= 0.6 is 0 Å². The summed E-state index contributed by atoms with van der Waals surface area (Å²) >= 11 is 0. The number of benzene rings is 1. The lowest BCUT2D eigenvalue weighted by molar-refractivity contribution is 0.457. The summed E-state index contributed by atoms with van der Waals surface area (Å²) in [6.07, 6.45) is 0. The lowest BCUT2D eigenvalue weighted by Crippen LogP contribution is -2.18. The maximum atomic E-state index is 13.7. The Morgan fingerprint density at radius 2 is 1.75 bits per heavy atom. The van der Waals surface area contributed by atoms with Gasteiger partial charge in [0.25, 0.3) is 0 Å². The molecule has 1 heterocycles. The van der Waals surface area contributed by atoms with E-state index in [2.05, 4.69) is 39.1 Å². The third-order valence-corrected chi connectivity index (χ3v) is 5.64. The number of nitrogens with one attached hydrogen (secondary N) is 1. The number of hydrogen-bond acceptors (Lipinski definition) is 1. The summed E-state index contributed by atoms with van der Waals surface area (Å²) in [5, 5.41) is 3.26. The van der Waals surface area contributed by atoms with Gasteiger partial charge in [0, 0.05) is 12.0 Å². The van der Waals surface area contributed by atoms with Gasteiger partial charge in [-0.15, -0.1) is 0 Å². The zero-order valence-corrected chi connectivity index (χ0v) is 10.3. The fraction of sp³-hybridized carbons (Fsp3) is 0.571. The zero-order chi connectivity index (χ0) is 11.8. The van der Waals surface area contributed by atoms with Crippen molar-refractivity contribution in [1.82, 2.24) is 0 Å². The summed E-state index contributed by atoms with van der Waals surface area (Å²) in [5.74, 6) is -0.118. The molecule has 0 amide bonds. The fourth-order valence-electron chi connectivity index (χ4n) is 3.92. The summed E-state index contributed by atoms with van der Waals surface area (Å²) in [4.78, 5) is 0. The number of halogens is 1. The summed E-state index contributed by atoms with van der Waals surface area (Å²) in [6, 6.07) is 5.44. The molecular weight excluding hydrogens is 201 g/mol. The van der Waals surface area contributed by atoms with Crippen LogP contribution in [0.4, 0.5) is 10.1 Å². The van der Waals surface area contributed by atoms with Crippen LogP contribution in [-0.4, -0.2) is 6.54 Å². The van der Waals surface area contributed by atoms with Crippen molar-refractivity contribution in [3.8, 4) is 0 Å². The minimum atomic E-state index is -0.118. The molecule has 1 aromatic rings. The molecule has 1 spiro atoms. The van der Waals surface area contributed by atoms with Crippen LogP contribution in [0, 0.1) is 16.6 Å². The van der Waals surface area contributed by atoms with Gasteiger partial charge < -0.3 is 5.32 Å². The Kier molecular flexibility index (Phi) is 1.55. The van der Waals surface area contributed by atoms with Crippen LogP contribution in [0.15, 0.2) is 18.2 Å². The molecule has 0 radical (unpaired) electrons. The molecule has 1 saturated carbocycles. The summed E-state index contributed by atoms with van der Waals surface area (Å²) in [6.45, 7) is 10.0. The Morgan fingerprint density at radius 3 is 2.31 bits per heavy atom. The highest BCUT2D eigenvalue weighted by molar-refractivity contribution is 5.67. The van der Waals surface area contributed by atoms with E-state index >= 15 is 0 Å².